The van der Waals surface area contributed by atoms with Crippen LogP contribution < -0.4 is 15.5 Å². The van der Waals surface area contributed by atoms with E-state index in [-0.39, 0.29) is 17.6 Å². The molecular weight excluding hydrogens is 436 g/mol. The number of para-hydroxylation sites is 1. The highest BCUT2D eigenvalue weighted by Crippen LogP contribution is 2.56. The molecular formula is C25H28N4O5. The van der Waals surface area contributed by atoms with E-state index in [1.165, 1.54) is 4.90 Å². The number of aryl methyl sites for hydroxylation is 2. The molecule has 3 amide bonds. The first-order chi connectivity index (χ1) is 16.0. The molecule has 2 saturated heterocycles. The van der Waals surface area contributed by atoms with Gasteiger partial charge in [0.1, 0.15) is 17.4 Å². The molecule has 1 spiro atoms. The number of hydrogen-bond acceptors (Lipinski definition) is 6. The standard InChI is InChI=1S/C25H28N4O5/c1-13-8-6-7-9-15(13)29-20(22(31)27-24(3,4)5)25-11-10-16(33-25)18(19(25)23(29)32)21(30)26-17-12-14(2)34-28-17/h6-12,16,18-20H,1-5H3,(H,27,31)(H,26,28,30). The van der Waals surface area contributed by atoms with E-state index in [9.17, 15) is 14.4 Å². The Bertz CT molecular complexity index is 1210. The Morgan fingerprint density at radius 1 is 1.15 bits per heavy atom. The molecule has 2 N–H and O–H groups in total. The van der Waals surface area contributed by atoms with Crippen molar-refractivity contribution in [1.29, 1.82) is 0 Å². The summed E-state index contributed by atoms with van der Waals surface area (Å²) >= 11 is 0. The fourth-order valence-corrected chi connectivity index (χ4v) is 5.34. The molecule has 2 bridgehead atoms. The summed E-state index contributed by atoms with van der Waals surface area (Å²) < 4.78 is 11.4. The van der Waals surface area contributed by atoms with Crippen LogP contribution in [0.15, 0.2) is 47.0 Å². The number of fused-ring (bicyclic) bond motifs is 1. The summed E-state index contributed by atoms with van der Waals surface area (Å²) in [6.07, 6.45) is 2.95. The van der Waals surface area contributed by atoms with Gasteiger partial charge in [0, 0.05) is 17.3 Å². The average Bonchev–Trinajstić information content (AvgIpc) is 3.48. The van der Waals surface area contributed by atoms with Crippen LogP contribution >= 0.6 is 0 Å². The highest BCUT2D eigenvalue weighted by Gasteiger charge is 2.73. The third kappa shape index (κ3) is 3.34. The number of carbonyl (C=O) groups is 3. The lowest BCUT2D eigenvalue weighted by molar-refractivity contribution is -0.129. The number of anilines is 2. The number of ether oxygens (including phenoxy) is 1. The van der Waals surface area contributed by atoms with Gasteiger partial charge in [-0.25, -0.2) is 0 Å². The first-order valence-corrected chi connectivity index (χ1v) is 11.3. The minimum atomic E-state index is -1.25. The van der Waals surface area contributed by atoms with Gasteiger partial charge in [0.25, 0.3) is 0 Å². The zero-order valence-corrected chi connectivity index (χ0v) is 19.8. The van der Waals surface area contributed by atoms with Crippen LogP contribution in [0.25, 0.3) is 0 Å². The summed E-state index contributed by atoms with van der Waals surface area (Å²) in [5.74, 6) is -1.88. The van der Waals surface area contributed by atoms with E-state index >= 15 is 0 Å². The number of carbonyl (C=O) groups excluding carboxylic acids is 3. The largest absolute Gasteiger partial charge is 0.360 e. The predicted molar refractivity (Wildman–Crippen MR) is 124 cm³/mol. The Labute approximate surface area is 197 Å². The fourth-order valence-electron chi connectivity index (χ4n) is 5.34. The molecule has 3 aliphatic heterocycles. The summed E-state index contributed by atoms with van der Waals surface area (Å²) in [5, 5.41) is 9.57. The van der Waals surface area contributed by atoms with Gasteiger partial charge in [0.2, 0.25) is 17.7 Å². The molecule has 2 aromatic rings. The summed E-state index contributed by atoms with van der Waals surface area (Å²) in [6.45, 7) is 9.26. The topological polar surface area (TPSA) is 114 Å². The predicted octanol–water partition coefficient (Wildman–Crippen LogP) is 2.50. The van der Waals surface area contributed by atoms with Gasteiger partial charge in [-0.05, 0) is 46.2 Å². The minimum Gasteiger partial charge on any atom is -0.360 e. The molecule has 1 aromatic carbocycles. The molecule has 0 saturated carbocycles. The van der Waals surface area contributed by atoms with Gasteiger partial charge in [-0.15, -0.1) is 0 Å². The lowest BCUT2D eigenvalue weighted by atomic mass is 9.74. The lowest BCUT2D eigenvalue weighted by Crippen LogP contribution is -2.58. The van der Waals surface area contributed by atoms with Crippen molar-refractivity contribution in [2.24, 2.45) is 11.8 Å². The van der Waals surface area contributed by atoms with E-state index in [4.69, 9.17) is 9.26 Å². The van der Waals surface area contributed by atoms with Crippen molar-refractivity contribution >= 4 is 29.2 Å². The van der Waals surface area contributed by atoms with Crippen molar-refractivity contribution in [2.45, 2.75) is 57.9 Å². The van der Waals surface area contributed by atoms with Gasteiger partial charge in [0.05, 0.1) is 17.9 Å². The van der Waals surface area contributed by atoms with Crippen LogP contribution in [0.3, 0.4) is 0 Å². The molecule has 0 aliphatic carbocycles. The van der Waals surface area contributed by atoms with Gasteiger partial charge in [-0.3, -0.25) is 19.3 Å². The van der Waals surface area contributed by atoms with E-state index in [0.29, 0.717) is 11.4 Å². The van der Waals surface area contributed by atoms with Crippen molar-refractivity contribution in [1.82, 2.24) is 10.5 Å². The Morgan fingerprint density at radius 2 is 1.88 bits per heavy atom. The maximum Gasteiger partial charge on any atom is 0.246 e. The number of benzene rings is 1. The Hall–Kier alpha value is -3.46. The maximum absolute atomic E-state index is 14.0. The Morgan fingerprint density at radius 3 is 2.53 bits per heavy atom. The van der Waals surface area contributed by atoms with Gasteiger partial charge in [-0.1, -0.05) is 35.5 Å². The van der Waals surface area contributed by atoms with Gasteiger partial charge in [0.15, 0.2) is 5.82 Å². The zero-order valence-electron chi connectivity index (χ0n) is 19.8. The molecule has 4 heterocycles. The Balaban J connectivity index is 1.57. The van der Waals surface area contributed by atoms with E-state index < -0.39 is 41.0 Å². The molecule has 9 heteroatoms. The van der Waals surface area contributed by atoms with E-state index in [1.54, 1.807) is 25.1 Å². The summed E-state index contributed by atoms with van der Waals surface area (Å²) in [5.41, 5.74) is -0.301. The molecule has 2 fully saturated rings. The molecule has 1 aromatic heterocycles. The molecule has 3 aliphatic rings. The maximum atomic E-state index is 14.0. The van der Waals surface area contributed by atoms with Crippen LogP contribution in [0.2, 0.25) is 0 Å². The molecule has 34 heavy (non-hydrogen) atoms. The van der Waals surface area contributed by atoms with Crippen molar-refractivity contribution in [3.05, 3.63) is 53.8 Å². The lowest BCUT2D eigenvalue weighted by Gasteiger charge is -2.34. The smallest absolute Gasteiger partial charge is 0.246 e. The highest BCUT2D eigenvalue weighted by molar-refractivity contribution is 6.11. The third-order valence-electron chi connectivity index (χ3n) is 6.58. The molecule has 9 nitrogen and oxygen atoms in total. The van der Waals surface area contributed by atoms with Gasteiger partial charge < -0.3 is 19.9 Å². The molecule has 5 rings (SSSR count). The minimum absolute atomic E-state index is 0.270. The van der Waals surface area contributed by atoms with E-state index in [0.717, 1.165) is 5.56 Å². The molecule has 0 radical (unpaired) electrons. The van der Waals surface area contributed by atoms with Crippen LogP contribution in [0, 0.1) is 25.7 Å². The second kappa shape index (κ2) is 7.53. The molecule has 178 valence electrons. The van der Waals surface area contributed by atoms with E-state index in [2.05, 4.69) is 15.8 Å². The average molecular weight is 465 g/mol. The van der Waals surface area contributed by atoms with Crippen LogP contribution in [0.4, 0.5) is 11.5 Å². The number of nitrogens with one attached hydrogen (secondary N) is 2. The van der Waals surface area contributed by atoms with Crippen LogP contribution in [-0.2, 0) is 19.1 Å². The normalized spacial score (nSPS) is 29.4. The quantitative estimate of drug-likeness (QED) is 0.672. The molecule has 5 unspecified atom stereocenters. The third-order valence-corrected chi connectivity index (χ3v) is 6.58. The number of hydrogen-bond donors (Lipinski definition) is 2. The summed E-state index contributed by atoms with van der Waals surface area (Å²) in [4.78, 5) is 42.5. The number of rotatable bonds is 4. The monoisotopic (exact) mass is 464 g/mol. The first kappa shape index (κ1) is 22.3. The highest BCUT2D eigenvalue weighted by atomic mass is 16.5. The number of nitrogens with zero attached hydrogens (tertiary/aromatic N) is 2. The van der Waals surface area contributed by atoms with E-state index in [1.807, 2.05) is 52.0 Å². The van der Waals surface area contributed by atoms with Crippen molar-refractivity contribution in [3.63, 3.8) is 0 Å². The van der Waals surface area contributed by atoms with Crippen LogP contribution in [0.1, 0.15) is 32.1 Å². The van der Waals surface area contributed by atoms with Crippen LogP contribution in [0.5, 0.6) is 0 Å². The molecule has 5 atom stereocenters. The van der Waals surface area contributed by atoms with Crippen LogP contribution in [-0.4, -0.2) is 46.2 Å². The summed E-state index contributed by atoms with van der Waals surface area (Å²) in [6, 6.07) is 8.04. The van der Waals surface area contributed by atoms with Crippen molar-refractivity contribution in [2.75, 3.05) is 10.2 Å². The number of amides is 3. The van der Waals surface area contributed by atoms with Crippen molar-refractivity contribution < 1.29 is 23.6 Å². The van der Waals surface area contributed by atoms with Crippen molar-refractivity contribution in [3.8, 4) is 0 Å². The fraction of sp³-hybridized carbons (Fsp3) is 0.440. The second-order valence-corrected chi connectivity index (χ2v) is 10.2. The first-order valence-electron chi connectivity index (χ1n) is 11.3. The summed E-state index contributed by atoms with van der Waals surface area (Å²) in [7, 11) is 0. The number of aromatic nitrogens is 1. The van der Waals surface area contributed by atoms with Gasteiger partial charge in [-0.2, -0.15) is 0 Å². The second-order valence-electron chi connectivity index (χ2n) is 10.2. The zero-order chi connectivity index (χ0) is 24.4. The SMILES string of the molecule is Cc1cc(NC(=O)C2C3C=CC4(O3)C2C(=O)N(c2ccccc2C)C4C(=O)NC(C)(C)C)no1. The van der Waals surface area contributed by atoms with Gasteiger partial charge >= 0.3 is 0 Å². The Kier molecular flexibility index (Phi) is 4.95.